The highest BCUT2D eigenvalue weighted by atomic mass is 16.4. The third kappa shape index (κ3) is 25.1. The summed E-state index contributed by atoms with van der Waals surface area (Å²) in [4.78, 5) is 173. The number of rotatable bonds is 37. The van der Waals surface area contributed by atoms with Crippen molar-refractivity contribution in [1.29, 1.82) is 0 Å². The summed E-state index contributed by atoms with van der Waals surface area (Å²) < 4.78 is 0. The second kappa shape index (κ2) is 35.2. The summed E-state index contributed by atoms with van der Waals surface area (Å²) in [6.07, 6.45) is -5.83. The van der Waals surface area contributed by atoms with Crippen LogP contribution in [0.15, 0.2) is 30.3 Å². The Labute approximate surface area is 479 Å². The molecule has 1 aromatic rings. The van der Waals surface area contributed by atoms with Gasteiger partial charge in [-0.2, -0.15) is 0 Å². The Morgan fingerprint density at radius 2 is 0.952 bits per heavy atom. The monoisotopic (exact) mass is 1180 g/mol. The quantitative estimate of drug-likeness (QED) is 0.0285. The van der Waals surface area contributed by atoms with Crippen molar-refractivity contribution in [1.82, 2.24) is 47.4 Å². The third-order valence-corrected chi connectivity index (χ3v) is 13.1. The fraction of sp³-hybridized carbons (Fsp3) is 0.642. The largest absolute Gasteiger partial charge is 0.481 e. The van der Waals surface area contributed by atoms with E-state index in [-0.39, 0.29) is 44.6 Å². The molecule has 0 unspecified atom stereocenters. The van der Waals surface area contributed by atoms with Gasteiger partial charge in [0, 0.05) is 19.4 Å². The minimum Gasteiger partial charge on any atom is -0.481 e. The van der Waals surface area contributed by atoms with Crippen molar-refractivity contribution in [3.63, 3.8) is 0 Å². The summed E-state index contributed by atoms with van der Waals surface area (Å²) in [5.74, 6) is -16.8. The van der Waals surface area contributed by atoms with Crippen molar-refractivity contribution in [3.8, 4) is 0 Å². The maximum atomic E-state index is 14.1. The number of amides is 9. The highest BCUT2D eigenvalue weighted by Gasteiger charge is 2.41. The fourth-order valence-corrected chi connectivity index (χ4v) is 8.82. The average Bonchev–Trinajstić information content (AvgIpc) is 4.02. The van der Waals surface area contributed by atoms with Gasteiger partial charge in [-0.25, -0.2) is 4.79 Å². The van der Waals surface area contributed by atoms with Crippen molar-refractivity contribution < 1.29 is 93.0 Å². The highest BCUT2D eigenvalue weighted by molar-refractivity contribution is 6.00. The van der Waals surface area contributed by atoms with Crippen LogP contribution in [-0.2, 0) is 68.7 Å². The number of hydrogen-bond acceptors (Lipinski definition) is 17. The number of nitrogens with two attached hydrogens (primary N) is 2. The number of carbonyl (C=O) groups is 13. The number of aliphatic carboxylic acids is 4. The summed E-state index contributed by atoms with van der Waals surface area (Å²) in [6.45, 7) is 9.17. The van der Waals surface area contributed by atoms with Gasteiger partial charge in [-0.15, -0.1) is 0 Å². The summed E-state index contributed by atoms with van der Waals surface area (Å²) >= 11 is 0. The summed E-state index contributed by atoms with van der Waals surface area (Å²) in [5.41, 5.74) is 12.0. The standard InChI is InChI=1S/C53H83N11O19/c1-26(2)21-33(47(76)61-37(23-30-13-8-7-9-14-30)52(81)64-20-12-16-38(64)53(82)83)57-48(77)35(24-40(69)70)58-45(74)32(17-18-39(67)68)56-46(75)34(22-27(3)4)59-51(80)43(29(6)66)63-49(78)36(25-41(71)72)60-50(79)42(28(5)65)62-44(73)31(55)15-10-11-19-54/h7-9,13-14,26-29,31-38,42-43,65-66H,10-12,15-25,54-55H2,1-6H3,(H,56,75)(H,57,77)(H,58,74)(H,59,80)(H,60,79)(H,61,76)(H,62,73)(H,63,78)(H,67,68)(H,69,70)(H,71,72)(H,82,83)/t28-,29-,31+,32+,33+,34+,35+,36+,37+,38+,42+,43+/m1/s1. The third-order valence-electron chi connectivity index (χ3n) is 13.1. The maximum absolute atomic E-state index is 14.1. The van der Waals surface area contributed by atoms with Gasteiger partial charge in [-0.05, 0) is 82.7 Å². The lowest BCUT2D eigenvalue weighted by Gasteiger charge is -2.30. The van der Waals surface area contributed by atoms with Crippen LogP contribution in [0, 0.1) is 11.8 Å². The number of carboxylic acids is 4. The molecule has 1 fully saturated rings. The Kier molecular flexibility index (Phi) is 30.3. The lowest BCUT2D eigenvalue weighted by atomic mass is 10.00. The van der Waals surface area contributed by atoms with Crippen LogP contribution in [0.25, 0.3) is 0 Å². The number of aliphatic hydroxyl groups excluding tert-OH is 2. The van der Waals surface area contributed by atoms with Gasteiger partial charge >= 0.3 is 23.9 Å². The minimum absolute atomic E-state index is 0.0858. The SMILES string of the molecule is CC(C)C[C@H](NC(=O)[C@H](CC(=O)O)NC(=O)[C@H](CCC(=O)O)NC(=O)[C@H](CC(C)C)NC(=O)[C@@H](NC(=O)[C@H](CC(=O)O)NC(=O)[C@@H](NC(=O)[C@@H](N)CCCCN)[C@@H](C)O)[C@@H](C)O)C(=O)N[C@@H](Cc1ccccc1)C(=O)N1CCC[C@H]1C(=O)O. The predicted octanol–water partition coefficient (Wildman–Crippen LogP) is -3.69. The van der Waals surface area contributed by atoms with E-state index in [2.05, 4.69) is 42.5 Å². The molecule has 2 rings (SSSR count). The van der Waals surface area contributed by atoms with Crippen LogP contribution in [0.2, 0.25) is 0 Å². The van der Waals surface area contributed by atoms with Gasteiger partial charge in [0.05, 0.1) is 31.1 Å². The van der Waals surface area contributed by atoms with Crippen molar-refractivity contribution in [2.75, 3.05) is 13.1 Å². The van der Waals surface area contributed by atoms with E-state index in [0.717, 1.165) is 18.7 Å². The van der Waals surface area contributed by atoms with Gasteiger partial charge in [-0.1, -0.05) is 64.4 Å². The first-order chi connectivity index (χ1) is 38.9. The number of likely N-dealkylation sites (tertiary alicyclic amines) is 1. The van der Waals surface area contributed by atoms with E-state index >= 15 is 0 Å². The topological polar surface area (TPSA) is 495 Å². The first kappa shape index (κ1) is 71.3. The number of carboxylic acid groups (broad SMARTS) is 4. The molecule has 0 saturated carbocycles. The molecule has 1 aliphatic heterocycles. The summed E-state index contributed by atoms with van der Waals surface area (Å²) in [5, 5.41) is 78.4. The Balaban J connectivity index is 2.42. The predicted molar refractivity (Wildman–Crippen MR) is 292 cm³/mol. The Morgan fingerprint density at radius 3 is 1.41 bits per heavy atom. The molecule has 18 N–H and O–H groups in total. The average molecular weight is 1180 g/mol. The molecular formula is C53H83N11O19. The van der Waals surface area contributed by atoms with Crippen LogP contribution in [-0.4, -0.2) is 198 Å². The zero-order valence-corrected chi connectivity index (χ0v) is 47.5. The Bertz CT molecular complexity index is 2430. The molecule has 1 saturated heterocycles. The molecule has 83 heavy (non-hydrogen) atoms. The molecule has 0 radical (unpaired) electrons. The Morgan fingerprint density at radius 1 is 0.530 bits per heavy atom. The number of nitrogens with one attached hydrogen (secondary N) is 8. The zero-order valence-electron chi connectivity index (χ0n) is 47.5. The van der Waals surface area contributed by atoms with E-state index in [1.807, 2.05) is 0 Å². The van der Waals surface area contributed by atoms with Crippen molar-refractivity contribution in [3.05, 3.63) is 35.9 Å². The first-order valence-electron chi connectivity index (χ1n) is 27.3. The van der Waals surface area contributed by atoms with Gasteiger partial charge in [0.15, 0.2) is 0 Å². The normalized spacial score (nSPS) is 17.1. The second-order valence-electron chi connectivity index (χ2n) is 21.3. The lowest BCUT2D eigenvalue weighted by Crippen LogP contribution is -2.63. The van der Waals surface area contributed by atoms with Crippen LogP contribution in [0.3, 0.4) is 0 Å². The lowest BCUT2D eigenvalue weighted by molar-refractivity contribution is -0.149. The van der Waals surface area contributed by atoms with Crippen LogP contribution >= 0.6 is 0 Å². The molecule has 0 aliphatic carbocycles. The van der Waals surface area contributed by atoms with Gasteiger partial charge in [0.1, 0.15) is 54.4 Å². The number of aliphatic hydroxyl groups is 2. The van der Waals surface area contributed by atoms with Gasteiger partial charge in [0.25, 0.3) is 0 Å². The van der Waals surface area contributed by atoms with E-state index in [9.17, 15) is 93.0 Å². The molecule has 1 aliphatic rings. The molecule has 1 aromatic carbocycles. The molecule has 12 atom stereocenters. The van der Waals surface area contributed by atoms with Gasteiger partial charge in [-0.3, -0.25) is 57.5 Å². The molecule has 0 bridgehead atoms. The van der Waals surface area contributed by atoms with E-state index in [0.29, 0.717) is 31.4 Å². The number of carbonyl (C=O) groups excluding carboxylic acids is 9. The molecule has 1 heterocycles. The van der Waals surface area contributed by atoms with Crippen LogP contribution < -0.4 is 54.0 Å². The molecule has 464 valence electrons. The first-order valence-corrected chi connectivity index (χ1v) is 27.3. The van der Waals surface area contributed by atoms with Gasteiger partial charge < -0.3 is 89.5 Å². The molecule has 0 aromatic heterocycles. The maximum Gasteiger partial charge on any atom is 0.326 e. The highest BCUT2D eigenvalue weighted by Crippen LogP contribution is 2.20. The van der Waals surface area contributed by atoms with E-state index < -0.39 is 181 Å². The van der Waals surface area contributed by atoms with Crippen molar-refractivity contribution in [2.45, 2.75) is 191 Å². The van der Waals surface area contributed by atoms with Crippen LogP contribution in [0.1, 0.15) is 118 Å². The number of benzene rings is 1. The van der Waals surface area contributed by atoms with E-state index in [4.69, 9.17) is 11.5 Å². The fourth-order valence-electron chi connectivity index (χ4n) is 8.82. The van der Waals surface area contributed by atoms with Crippen molar-refractivity contribution >= 4 is 77.0 Å². The van der Waals surface area contributed by atoms with E-state index in [1.165, 1.54) is 0 Å². The van der Waals surface area contributed by atoms with Crippen LogP contribution in [0.4, 0.5) is 0 Å². The number of nitrogens with zero attached hydrogens (tertiary/aromatic N) is 1. The summed E-state index contributed by atoms with van der Waals surface area (Å²) in [6, 6.07) is -7.94. The van der Waals surface area contributed by atoms with Gasteiger partial charge in [0.2, 0.25) is 53.2 Å². The van der Waals surface area contributed by atoms with Crippen molar-refractivity contribution in [2.24, 2.45) is 23.3 Å². The van der Waals surface area contributed by atoms with Crippen LogP contribution in [0.5, 0.6) is 0 Å². The molecule has 0 spiro atoms. The molecule has 9 amide bonds. The number of unbranched alkanes of at least 4 members (excludes halogenated alkanes) is 1. The Hall–Kier alpha value is -7.83. The minimum atomic E-state index is -2.01. The molecule has 30 heteroatoms. The molecular weight excluding hydrogens is 1090 g/mol. The second-order valence-corrected chi connectivity index (χ2v) is 21.3. The smallest absolute Gasteiger partial charge is 0.326 e. The summed E-state index contributed by atoms with van der Waals surface area (Å²) in [7, 11) is 0. The zero-order chi connectivity index (χ0) is 62.8. The number of hydrogen-bond donors (Lipinski definition) is 16. The van der Waals surface area contributed by atoms with E-state index in [1.54, 1.807) is 58.0 Å². The molecule has 30 nitrogen and oxygen atoms in total.